The fourth-order valence-corrected chi connectivity index (χ4v) is 3.75. The predicted molar refractivity (Wildman–Crippen MR) is 116 cm³/mol. The lowest BCUT2D eigenvalue weighted by Crippen LogP contribution is -2.41. The van der Waals surface area contributed by atoms with Gasteiger partial charge in [-0.2, -0.15) is 13.2 Å². The van der Waals surface area contributed by atoms with Gasteiger partial charge in [0.25, 0.3) is 5.56 Å². The van der Waals surface area contributed by atoms with Gasteiger partial charge in [0.2, 0.25) is 11.5 Å². The van der Waals surface area contributed by atoms with E-state index < -0.39 is 34.8 Å². The number of primary amides is 1. The number of rotatable bonds is 4. The summed E-state index contributed by atoms with van der Waals surface area (Å²) in [6, 6.07) is 4.12. The van der Waals surface area contributed by atoms with Gasteiger partial charge in [0.1, 0.15) is 0 Å². The van der Waals surface area contributed by atoms with E-state index in [2.05, 4.69) is 5.92 Å². The van der Waals surface area contributed by atoms with E-state index >= 15 is 0 Å². The van der Waals surface area contributed by atoms with E-state index in [1.54, 1.807) is 13.8 Å². The summed E-state index contributed by atoms with van der Waals surface area (Å²) in [6.07, 6.45) is -3.95. The third-order valence-corrected chi connectivity index (χ3v) is 5.42. The summed E-state index contributed by atoms with van der Waals surface area (Å²) in [5.74, 6) is 2.47. The Hall–Kier alpha value is -3.84. The Labute approximate surface area is 192 Å². The molecule has 2 aromatic rings. The molecule has 178 valence electrons. The van der Waals surface area contributed by atoms with Gasteiger partial charge in [0, 0.05) is 47.5 Å². The molecule has 1 unspecified atom stereocenters. The average Bonchev–Trinajstić information content (AvgIpc) is 3.12. The van der Waals surface area contributed by atoms with Gasteiger partial charge in [-0.05, 0) is 31.9 Å². The van der Waals surface area contributed by atoms with Gasteiger partial charge >= 0.3 is 12.1 Å². The van der Waals surface area contributed by atoms with E-state index in [1.807, 2.05) is 5.92 Å². The number of aliphatic hydroxyl groups is 1. The quantitative estimate of drug-likeness (QED) is 0.521. The summed E-state index contributed by atoms with van der Waals surface area (Å²) in [5, 5.41) is 10.6. The minimum Gasteiger partial charge on any atom is -0.462 e. The molecule has 3 rings (SSSR count). The molecule has 1 aliphatic carbocycles. The first-order valence-corrected chi connectivity index (χ1v) is 10.1. The molecule has 3 N–H and O–H groups in total. The highest BCUT2D eigenvalue weighted by Gasteiger charge is 2.54. The van der Waals surface area contributed by atoms with E-state index in [9.17, 15) is 32.7 Å². The second kappa shape index (κ2) is 8.83. The lowest BCUT2D eigenvalue weighted by molar-refractivity contribution is -0.240. The van der Waals surface area contributed by atoms with Crippen molar-refractivity contribution < 1.29 is 32.6 Å². The third-order valence-electron chi connectivity index (χ3n) is 5.42. The lowest BCUT2D eigenvalue weighted by Gasteiger charge is -2.26. The molecule has 7 nitrogen and oxygen atoms in total. The number of ether oxygens (including phenoxy) is 1. The summed E-state index contributed by atoms with van der Waals surface area (Å²) < 4.78 is 48.2. The second-order valence-electron chi connectivity index (χ2n) is 7.77. The molecular weight excluding hydrogens is 453 g/mol. The molecule has 1 heterocycles. The first-order chi connectivity index (χ1) is 15.8. The van der Waals surface area contributed by atoms with Gasteiger partial charge in [0.15, 0.2) is 0 Å². The van der Waals surface area contributed by atoms with Gasteiger partial charge in [-0.15, -0.1) is 0 Å². The van der Waals surface area contributed by atoms with Crippen LogP contribution in [0.2, 0.25) is 0 Å². The van der Waals surface area contributed by atoms with Gasteiger partial charge in [0.05, 0.1) is 12.2 Å². The molecule has 34 heavy (non-hydrogen) atoms. The number of pyridine rings is 1. The minimum absolute atomic E-state index is 0.0564. The Morgan fingerprint density at radius 3 is 2.56 bits per heavy atom. The number of carbonyl (C=O) groups excluding carboxylic acids is 2. The van der Waals surface area contributed by atoms with Crippen molar-refractivity contribution in [2.24, 2.45) is 12.8 Å². The van der Waals surface area contributed by atoms with Crippen molar-refractivity contribution >= 4 is 17.4 Å². The highest BCUT2D eigenvalue weighted by molar-refractivity contribution is 6.19. The Morgan fingerprint density at radius 2 is 1.97 bits per heavy atom. The molecule has 0 aliphatic heterocycles. The molecule has 0 spiro atoms. The first-order valence-electron chi connectivity index (χ1n) is 10.1. The van der Waals surface area contributed by atoms with Crippen molar-refractivity contribution in [3.05, 3.63) is 74.2 Å². The van der Waals surface area contributed by atoms with Crippen LogP contribution in [-0.2, 0) is 28.6 Å². The number of hydrogen-bond donors (Lipinski definition) is 2. The Bertz CT molecular complexity index is 1350. The number of halogens is 3. The zero-order valence-electron chi connectivity index (χ0n) is 18.5. The number of fused-ring (bicyclic) bond motifs is 1. The molecule has 1 aromatic heterocycles. The van der Waals surface area contributed by atoms with Crippen LogP contribution in [0.4, 0.5) is 13.2 Å². The fourth-order valence-electron chi connectivity index (χ4n) is 3.75. The van der Waals surface area contributed by atoms with Crippen LogP contribution in [0.25, 0.3) is 5.57 Å². The number of allylic oxidation sites excluding steroid dienone is 1. The monoisotopic (exact) mass is 474 g/mol. The van der Waals surface area contributed by atoms with Crippen LogP contribution in [0.3, 0.4) is 0 Å². The third kappa shape index (κ3) is 4.22. The Balaban J connectivity index is 2.26. The molecule has 1 amide bonds. The van der Waals surface area contributed by atoms with Crippen LogP contribution in [0.5, 0.6) is 0 Å². The van der Waals surface area contributed by atoms with Crippen LogP contribution in [-0.4, -0.2) is 34.3 Å². The van der Waals surface area contributed by atoms with E-state index in [0.717, 1.165) is 22.8 Å². The maximum absolute atomic E-state index is 14.0. The highest BCUT2D eigenvalue weighted by atomic mass is 19.4. The van der Waals surface area contributed by atoms with Crippen LogP contribution < -0.4 is 11.3 Å². The number of carbonyl (C=O) groups is 2. The highest BCUT2D eigenvalue weighted by Crippen LogP contribution is 2.39. The standard InChI is InChI=1S/C24H21F3N2O5/c1-4-34-22(32)18-13(2)10-17-19(18)15(12-29(3)21(17)31)8-9-23(33,24(25,26)27)16-7-5-6-14(11-16)20(28)30/h5-7,11-12,33H,4,10H2,1-3H3,(H2,28,30). The van der Waals surface area contributed by atoms with E-state index in [0.29, 0.717) is 5.57 Å². The van der Waals surface area contributed by atoms with E-state index in [1.165, 1.54) is 19.3 Å². The largest absolute Gasteiger partial charge is 0.462 e. The van der Waals surface area contributed by atoms with Crippen LogP contribution >= 0.6 is 0 Å². The van der Waals surface area contributed by atoms with Gasteiger partial charge in [-0.1, -0.05) is 23.6 Å². The van der Waals surface area contributed by atoms with Crippen LogP contribution in [0.15, 0.2) is 40.8 Å². The number of benzene rings is 1. The second-order valence-corrected chi connectivity index (χ2v) is 7.77. The topological polar surface area (TPSA) is 112 Å². The molecular formula is C24H21F3N2O5. The van der Waals surface area contributed by atoms with Crippen molar-refractivity contribution in [1.82, 2.24) is 4.57 Å². The Kier molecular flexibility index (Phi) is 6.44. The van der Waals surface area contributed by atoms with E-state index in [4.69, 9.17) is 10.5 Å². The number of nitrogens with zero attached hydrogens (tertiary/aromatic N) is 1. The van der Waals surface area contributed by atoms with Crippen molar-refractivity contribution in [3.8, 4) is 11.8 Å². The van der Waals surface area contributed by atoms with Crippen LogP contribution in [0.1, 0.15) is 46.5 Å². The normalized spacial score (nSPS) is 14.7. The number of alkyl halides is 3. The zero-order chi connectivity index (χ0) is 25.4. The van der Waals surface area contributed by atoms with Crippen molar-refractivity contribution in [3.63, 3.8) is 0 Å². The number of amides is 1. The molecule has 10 heteroatoms. The molecule has 1 atom stereocenters. The SMILES string of the molecule is CCOC(=O)C1=C(C)Cc2c1c(C#CC(O)(c1cccc(C(N)=O)c1)C(F)(F)F)cn(C)c2=O. The first kappa shape index (κ1) is 24.8. The summed E-state index contributed by atoms with van der Waals surface area (Å²) >= 11 is 0. The van der Waals surface area contributed by atoms with Crippen molar-refractivity contribution in [1.29, 1.82) is 0 Å². The predicted octanol–water partition coefficient (Wildman–Crippen LogP) is 2.18. The number of nitrogens with two attached hydrogens (primary N) is 1. The van der Waals surface area contributed by atoms with Crippen molar-refractivity contribution in [2.45, 2.75) is 32.0 Å². The van der Waals surface area contributed by atoms with Gasteiger partial charge < -0.3 is 20.1 Å². The fraction of sp³-hybridized carbons (Fsp3) is 0.292. The molecule has 0 bridgehead atoms. The summed E-state index contributed by atoms with van der Waals surface area (Å²) in [5.41, 5.74) is 0.901. The average molecular weight is 474 g/mol. The number of aryl methyl sites for hydroxylation is 1. The van der Waals surface area contributed by atoms with Gasteiger partial charge in [-0.25, -0.2) is 4.79 Å². The Morgan fingerprint density at radius 1 is 1.29 bits per heavy atom. The summed E-state index contributed by atoms with van der Waals surface area (Å²) in [7, 11) is 1.40. The van der Waals surface area contributed by atoms with Crippen molar-refractivity contribution in [2.75, 3.05) is 6.61 Å². The minimum atomic E-state index is -5.25. The smallest absolute Gasteiger partial charge is 0.433 e. The lowest BCUT2D eigenvalue weighted by atomic mass is 9.91. The number of esters is 1. The number of hydrogen-bond acceptors (Lipinski definition) is 5. The zero-order valence-corrected chi connectivity index (χ0v) is 18.5. The van der Waals surface area contributed by atoms with Gasteiger partial charge in [-0.3, -0.25) is 9.59 Å². The van der Waals surface area contributed by atoms with E-state index in [-0.39, 0.29) is 40.9 Å². The maximum atomic E-state index is 14.0. The molecule has 0 saturated carbocycles. The molecule has 0 saturated heterocycles. The number of aromatic nitrogens is 1. The van der Waals surface area contributed by atoms with Crippen LogP contribution in [0, 0.1) is 11.8 Å². The molecule has 0 fully saturated rings. The molecule has 1 aromatic carbocycles. The maximum Gasteiger partial charge on any atom is 0.433 e. The molecule has 1 aliphatic rings. The summed E-state index contributed by atoms with van der Waals surface area (Å²) in [6.45, 7) is 3.27. The molecule has 0 radical (unpaired) electrons. The summed E-state index contributed by atoms with van der Waals surface area (Å²) in [4.78, 5) is 36.6.